The lowest BCUT2D eigenvalue weighted by Gasteiger charge is -2.26. The Morgan fingerprint density at radius 1 is 1.33 bits per heavy atom. The number of ether oxygens (including phenoxy) is 1. The van der Waals surface area contributed by atoms with Crippen LogP contribution in [0.25, 0.3) is 0 Å². The predicted molar refractivity (Wildman–Crippen MR) is 92.2 cm³/mol. The highest BCUT2D eigenvalue weighted by atomic mass is 32.1. The third kappa shape index (κ3) is 3.73. The van der Waals surface area contributed by atoms with E-state index in [1.54, 1.807) is 7.11 Å². The van der Waals surface area contributed by atoms with Crippen molar-refractivity contribution in [2.45, 2.75) is 26.3 Å². The number of hydrogen-bond donors (Lipinski definition) is 1. The normalized spacial score (nSPS) is 13.3. The molecule has 1 N–H and O–H groups in total. The summed E-state index contributed by atoms with van der Waals surface area (Å²) in [5.41, 5.74) is 1.95. The zero-order chi connectivity index (χ0) is 17.1. The summed E-state index contributed by atoms with van der Waals surface area (Å²) in [4.78, 5) is 31.0. The molecule has 6 nitrogen and oxygen atoms in total. The second kappa shape index (κ2) is 7.00. The first-order valence-corrected chi connectivity index (χ1v) is 8.53. The fourth-order valence-corrected chi connectivity index (χ4v) is 3.71. The van der Waals surface area contributed by atoms with Crippen LogP contribution in [0.1, 0.15) is 23.1 Å². The van der Waals surface area contributed by atoms with E-state index in [9.17, 15) is 9.59 Å². The first-order valence-electron chi connectivity index (χ1n) is 7.72. The number of nitrogens with one attached hydrogen (secondary N) is 1. The highest BCUT2D eigenvalue weighted by Crippen LogP contribution is 2.28. The summed E-state index contributed by atoms with van der Waals surface area (Å²) < 4.78 is 5.13. The summed E-state index contributed by atoms with van der Waals surface area (Å²) in [5.74, 6) is 0.748. The number of carbonyl (C=O) groups excluding carboxylic acids is 2. The molecule has 0 unspecified atom stereocenters. The van der Waals surface area contributed by atoms with Crippen molar-refractivity contribution in [3.05, 3.63) is 40.4 Å². The van der Waals surface area contributed by atoms with Gasteiger partial charge in [-0.2, -0.15) is 0 Å². The summed E-state index contributed by atoms with van der Waals surface area (Å²) in [7, 11) is 1.62. The molecule has 2 heterocycles. The van der Waals surface area contributed by atoms with E-state index in [1.807, 2.05) is 29.2 Å². The molecule has 0 radical (unpaired) electrons. The minimum atomic E-state index is -0.131. The van der Waals surface area contributed by atoms with Crippen LogP contribution >= 0.6 is 11.3 Å². The van der Waals surface area contributed by atoms with Gasteiger partial charge in [0.2, 0.25) is 11.8 Å². The molecule has 1 aliphatic rings. The zero-order valence-electron chi connectivity index (χ0n) is 13.7. The molecule has 0 aliphatic carbocycles. The lowest BCUT2D eigenvalue weighted by molar-refractivity contribution is -0.131. The predicted octanol–water partition coefficient (Wildman–Crippen LogP) is 2.24. The van der Waals surface area contributed by atoms with E-state index in [4.69, 9.17) is 4.74 Å². The van der Waals surface area contributed by atoms with Crippen LogP contribution in [0.15, 0.2) is 24.3 Å². The van der Waals surface area contributed by atoms with E-state index >= 15 is 0 Å². The number of benzene rings is 1. The molecule has 0 spiro atoms. The number of methoxy groups -OCH3 is 1. The topological polar surface area (TPSA) is 71.5 Å². The molecular formula is C17H19N3O3S. The summed E-state index contributed by atoms with van der Waals surface area (Å²) in [6.45, 7) is 2.68. The Balaban J connectivity index is 1.64. The van der Waals surface area contributed by atoms with Crippen molar-refractivity contribution < 1.29 is 14.3 Å². The van der Waals surface area contributed by atoms with Gasteiger partial charge in [0.25, 0.3) is 0 Å². The van der Waals surface area contributed by atoms with Crippen LogP contribution in [-0.4, -0.2) is 35.4 Å². The van der Waals surface area contributed by atoms with Crippen molar-refractivity contribution in [3.63, 3.8) is 0 Å². The Labute approximate surface area is 144 Å². The average molecular weight is 345 g/mol. The van der Waals surface area contributed by atoms with Gasteiger partial charge >= 0.3 is 0 Å². The first kappa shape index (κ1) is 16.4. The number of hydrogen-bond acceptors (Lipinski definition) is 5. The fraction of sp³-hybridized carbons (Fsp3) is 0.353. The van der Waals surface area contributed by atoms with Gasteiger partial charge in [0, 0.05) is 24.8 Å². The smallest absolute Gasteiger partial charge is 0.227 e. The number of rotatable bonds is 4. The van der Waals surface area contributed by atoms with Crippen LogP contribution < -0.4 is 10.1 Å². The molecule has 0 fully saturated rings. The monoisotopic (exact) mass is 345 g/mol. The van der Waals surface area contributed by atoms with E-state index in [1.165, 1.54) is 18.3 Å². The Morgan fingerprint density at radius 3 is 2.75 bits per heavy atom. The minimum Gasteiger partial charge on any atom is -0.497 e. The standard InChI is InChI=1S/C17H19N3O3S/c1-11(21)18-17-19-14-7-8-20(10-15(14)24-17)16(22)9-12-3-5-13(23-2)6-4-12/h3-6H,7-10H2,1-2H3,(H,18,19,21). The molecule has 126 valence electrons. The molecule has 24 heavy (non-hydrogen) atoms. The molecule has 1 aromatic heterocycles. The van der Waals surface area contributed by atoms with Gasteiger partial charge in [-0.25, -0.2) is 4.98 Å². The minimum absolute atomic E-state index is 0.0975. The Morgan fingerprint density at radius 2 is 2.08 bits per heavy atom. The van der Waals surface area contributed by atoms with Gasteiger partial charge in [0.1, 0.15) is 5.75 Å². The Hall–Kier alpha value is -2.41. The van der Waals surface area contributed by atoms with Crippen molar-refractivity contribution in [2.75, 3.05) is 19.0 Å². The number of anilines is 1. The highest BCUT2D eigenvalue weighted by molar-refractivity contribution is 7.15. The molecule has 0 saturated heterocycles. The Kier molecular flexibility index (Phi) is 4.80. The lowest BCUT2D eigenvalue weighted by atomic mass is 10.1. The van der Waals surface area contributed by atoms with E-state index in [0.717, 1.165) is 28.3 Å². The molecule has 7 heteroatoms. The van der Waals surface area contributed by atoms with Crippen LogP contribution in [0.3, 0.4) is 0 Å². The molecule has 1 aromatic carbocycles. The van der Waals surface area contributed by atoms with Crippen LogP contribution in [0, 0.1) is 0 Å². The zero-order valence-corrected chi connectivity index (χ0v) is 14.5. The number of thiazole rings is 1. The average Bonchev–Trinajstić information content (AvgIpc) is 2.95. The maximum atomic E-state index is 12.5. The van der Waals surface area contributed by atoms with E-state index in [-0.39, 0.29) is 11.8 Å². The van der Waals surface area contributed by atoms with Gasteiger partial charge < -0.3 is 15.0 Å². The molecule has 2 amide bonds. The summed E-state index contributed by atoms with van der Waals surface area (Å²) in [6, 6.07) is 7.54. The summed E-state index contributed by atoms with van der Waals surface area (Å²) in [5, 5.41) is 3.32. The van der Waals surface area contributed by atoms with E-state index in [0.29, 0.717) is 24.6 Å². The van der Waals surface area contributed by atoms with Gasteiger partial charge in [0.05, 0.1) is 25.8 Å². The molecule has 2 aromatic rings. The van der Waals surface area contributed by atoms with Gasteiger partial charge in [-0.3, -0.25) is 9.59 Å². The van der Waals surface area contributed by atoms with Crippen molar-refractivity contribution in [1.29, 1.82) is 0 Å². The van der Waals surface area contributed by atoms with Crippen molar-refractivity contribution >= 4 is 28.3 Å². The highest BCUT2D eigenvalue weighted by Gasteiger charge is 2.24. The number of fused-ring (bicyclic) bond motifs is 1. The van der Waals surface area contributed by atoms with Crippen LogP contribution in [0.2, 0.25) is 0 Å². The largest absolute Gasteiger partial charge is 0.497 e. The second-order valence-corrected chi connectivity index (χ2v) is 6.74. The van der Waals surface area contributed by atoms with Crippen molar-refractivity contribution in [2.24, 2.45) is 0 Å². The van der Waals surface area contributed by atoms with Gasteiger partial charge in [-0.15, -0.1) is 0 Å². The quantitative estimate of drug-likeness (QED) is 0.922. The van der Waals surface area contributed by atoms with Crippen LogP contribution in [0.5, 0.6) is 5.75 Å². The maximum absolute atomic E-state index is 12.5. The molecule has 1 aliphatic heterocycles. The van der Waals surface area contributed by atoms with Crippen LogP contribution in [0.4, 0.5) is 5.13 Å². The Bertz CT molecular complexity index is 755. The first-order chi connectivity index (χ1) is 11.5. The molecule has 0 bridgehead atoms. The number of carbonyl (C=O) groups is 2. The van der Waals surface area contributed by atoms with Crippen LogP contribution in [-0.2, 0) is 29.0 Å². The number of aromatic nitrogens is 1. The maximum Gasteiger partial charge on any atom is 0.227 e. The van der Waals surface area contributed by atoms with E-state index < -0.39 is 0 Å². The summed E-state index contributed by atoms with van der Waals surface area (Å²) >= 11 is 1.44. The van der Waals surface area contributed by atoms with Gasteiger partial charge in [0.15, 0.2) is 5.13 Å². The van der Waals surface area contributed by atoms with Gasteiger partial charge in [-0.05, 0) is 17.7 Å². The summed E-state index contributed by atoms with van der Waals surface area (Å²) in [6.07, 6.45) is 1.09. The number of nitrogens with zero attached hydrogens (tertiary/aromatic N) is 2. The van der Waals surface area contributed by atoms with E-state index in [2.05, 4.69) is 10.3 Å². The fourth-order valence-electron chi connectivity index (χ4n) is 2.64. The second-order valence-electron chi connectivity index (χ2n) is 5.66. The lowest BCUT2D eigenvalue weighted by Crippen LogP contribution is -2.36. The van der Waals surface area contributed by atoms with Crippen molar-refractivity contribution in [1.82, 2.24) is 9.88 Å². The third-order valence-electron chi connectivity index (χ3n) is 3.88. The molecule has 0 saturated carbocycles. The molecule has 0 atom stereocenters. The third-order valence-corrected chi connectivity index (χ3v) is 4.88. The van der Waals surface area contributed by atoms with Gasteiger partial charge in [-0.1, -0.05) is 23.5 Å². The number of amides is 2. The SMILES string of the molecule is COc1ccc(CC(=O)N2CCc3nc(NC(C)=O)sc3C2)cc1. The molecular weight excluding hydrogens is 326 g/mol. The van der Waals surface area contributed by atoms with Crippen molar-refractivity contribution in [3.8, 4) is 5.75 Å². The molecule has 3 rings (SSSR count).